The molecule has 4 aromatic rings. The van der Waals surface area contributed by atoms with Crippen LogP contribution in [0, 0.1) is 0 Å². The van der Waals surface area contributed by atoms with Gasteiger partial charge in [-0.1, -0.05) is 30.3 Å². The number of methoxy groups -OCH3 is 1. The fourth-order valence-corrected chi connectivity index (χ4v) is 4.30. The third-order valence-corrected chi connectivity index (χ3v) is 6.25. The number of aromatic nitrogens is 1. The van der Waals surface area contributed by atoms with Crippen molar-refractivity contribution in [3.8, 4) is 5.75 Å². The summed E-state index contributed by atoms with van der Waals surface area (Å²) >= 11 is 1.36. The summed E-state index contributed by atoms with van der Waals surface area (Å²) in [5.41, 5.74) is 3.96. The average Bonchev–Trinajstić information content (AvgIpc) is 3.44. The van der Waals surface area contributed by atoms with Crippen LogP contribution in [0.2, 0.25) is 0 Å². The number of aryl methyl sites for hydroxylation is 2. The summed E-state index contributed by atoms with van der Waals surface area (Å²) in [5.74, 6) is 0.398. The molecule has 0 saturated carbocycles. The molecule has 0 aliphatic carbocycles. The number of hydrogen-bond donors (Lipinski definition) is 3. The summed E-state index contributed by atoms with van der Waals surface area (Å²) in [7, 11) is 1.65. The Labute approximate surface area is 226 Å². The molecule has 38 heavy (non-hydrogen) atoms. The highest BCUT2D eigenvalue weighted by atomic mass is 32.1. The summed E-state index contributed by atoms with van der Waals surface area (Å²) < 4.78 is 11.0. The van der Waals surface area contributed by atoms with Crippen LogP contribution in [0.25, 0.3) is 0 Å². The number of rotatable bonds is 12. The number of benzene rings is 3. The van der Waals surface area contributed by atoms with E-state index in [-0.39, 0.29) is 11.9 Å². The summed E-state index contributed by atoms with van der Waals surface area (Å²) in [4.78, 5) is 29.4. The van der Waals surface area contributed by atoms with Crippen molar-refractivity contribution in [3.63, 3.8) is 0 Å². The van der Waals surface area contributed by atoms with Gasteiger partial charge in [-0.15, -0.1) is 11.3 Å². The van der Waals surface area contributed by atoms with E-state index < -0.39 is 0 Å². The number of nitrogens with one attached hydrogen (secondary N) is 3. The summed E-state index contributed by atoms with van der Waals surface area (Å²) in [6.07, 6.45) is 3.80. The molecule has 196 valence electrons. The number of carbonyl (C=O) groups is 2. The number of ether oxygens (including phenoxy) is 2. The van der Waals surface area contributed by atoms with Gasteiger partial charge in [-0.05, 0) is 66.4 Å². The van der Waals surface area contributed by atoms with E-state index in [0.717, 1.165) is 29.7 Å². The zero-order valence-corrected chi connectivity index (χ0v) is 21.9. The van der Waals surface area contributed by atoms with E-state index in [1.165, 1.54) is 11.3 Å². The Hall–Kier alpha value is -4.21. The second-order valence-corrected chi connectivity index (χ2v) is 9.39. The molecule has 8 nitrogen and oxygen atoms in total. The number of thiazole rings is 1. The van der Waals surface area contributed by atoms with E-state index in [9.17, 15) is 9.59 Å². The van der Waals surface area contributed by atoms with Crippen molar-refractivity contribution < 1.29 is 19.1 Å². The van der Waals surface area contributed by atoms with Crippen LogP contribution in [0.15, 0.2) is 84.4 Å². The van der Waals surface area contributed by atoms with Gasteiger partial charge in [-0.25, -0.2) is 9.78 Å². The monoisotopic (exact) mass is 530 g/mol. The second-order valence-electron chi connectivity index (χ2n) is 8.50. The third kappa shape index (κ3) is 8.43. The number of para-hydroxylation sites is 1. The van der Waals surface area contributed by atoms with E-state index in [1.54, 1.807) is 19.4 Å². The number of anilines is 3. The van der Waals surface area contributed by atoms with Gasteiger partial charge in [0.05, 0.1) is 6.61 Å². The van der Waals surface area contributed by atoms with Gasteiger partial charge in [0.15, 0.2) is 5.13 Å². The van der Waals surface area contributed by atoms with Crippen LogP contribution in [-0.4, -0.2) is 37.2 Å². The molecule has 0 atom stereocenters. The van der Waals surface area contributed by atoms with Gasteiger partial charge >= 0.3 is 6.03 Å². The molecule has 0 aliphatic rings. The molecule has 0 spiro atoms. The van der Waals surface area contributed by atoms with Crippen LogP contribution < -0.4 is 20.7 Å². The quantitative estimate of drug-likeness (QED) is 0.188. The van der Waals surface area contributed by atoms with Gasteiger partial charge in [0, 0.05) is 48.7 Å². The van der Waals surface area contributed by atoms with E-state index in [4.69, 9.17) is 9.47 Å². The minimum Gasteiger partial charge on any atom is -0.493 e. The molecule has 4 rings (SSSR count). The summed E-state index contributed by atoms with van der Waals surface area (Å²) in [5, 5.41) is 10.9. The molecule has 0 fully saturated rings. The Morgan fingerprint density at radius 2 is 1.63 bits per heavy atom. The van der Waals surface area contributed by atoms with Gasteiger partial charge < -0.3 is 20.1 Å². The maximum atomic E-state index is 12.9. The highest BCUT2D eigenvalue weighted by molar-refractivity contribution is 7.13. The van der Waals surface area contributed by atoms with Crippen molar-refractivity contribution in [3.05, 3.63) is 101 Å². The van der Waals surface area contributed by atoms with E-state index in [0.29, 0.717) is 41.8 Å². The molecule has 1 aromatic heterocycles. The smallest absolute Gasteiger partial charge is 0.323 e. The molecule has 3 aromatic carbocycles. The van der Waals surface area contributed by atoms with Crippen molar-refractivity contribution in [1.82, 2.24) is 4.98 Å². The molecule has 1 heterocycles. The molecule has 0 saturated heterocycles. The predicted octanol–water partition coefficient (Wildman–Crippen LogP) is 6.24. The van der Waals surface area contributed by atoms with Crippen molar-refractivity contribution in [2.24, 2.45) is 0 Å². The van der Waals surface area contributed by atoms with Crippen LogP contribution in [-0.2, 0) is 17.6 Å². The second kappa shape index (κ2) is 13.9. The Morgan fingerprint density at radius 1 is 0.842 bits per heavy atom. The van der Waals surface area contributed by atoms with Crippen LogP contribution in [0.1, 0.15) is 27.9 Å². The van der Waals surface area contributed by atoms with Crippen molar-refractivity contribution in [2.75, 3.05) is 36.3 Å². The van der Waals surface area contributed by atoms with Gasteiger partial charge in [0.1, 0.15) is 5.75 Å². The first-order valence-electron chi connectivity index (χ1n) is 12.3. The minimum atomic E-state index is -0.303. The first-order chi connectivity index (χ1) is 18.6. The van der Waals surface area contributed by atoms with Crippen LogP contribution in [0.5, 0.6) is 5.75 Å². The SMILES string of the molecule is COCCCOc1cc(CCc2cccc(NC(=O)Nc3ccccc3)c2)cc(C(=O)Nc2nccs2)c1. The van der Waals surface area contributed by atoms with Gasteiger partial charge in [0.25, 0.3) is 5.91 Å². The zero-order chi connectivity index (χ0) is 26.6. The topological polar surface area (TPSA) is 102 Å². The maximum absolute atomic E-state index is 12.9. The zero-order valence-electron chi connectivity index (χ0n) is 21.1. The Balaban J connectivity index is 1.42. The van der Waals surface area contributed by atoms with E-state index in [2.05, 4.69) is 20.9 Å². The summed E-state index contributed by atoms with van der Waals surface area (Å²) in [6, 6.07) is 22.3. The highest BCUT2D eigenvalue weighted by Crippen LogP contribution is 2.22. The normalized spacial score (nSPS) is 10.6. The fourth-order valence-electron chi connectivity index (χ4n) is 3.78. The molecule has 3 N–H and O–H groups in total. The standard InChI is InChI=1S/C29H30N4O4S/c1-36-14-6-15-37-26-19-22(17-23(20-26)27(34)33-29-30-13-16-38-29)12-11-21-7-5-10-25(18-21)32-28(35)31-24-8-3-2-4-9-24/h2-5,7-10,13,16-20H,6,11-12,14-15H2,1H3,(H,30,33,34)(H2,31,32,35). The number of amides is 3. The lowest BCUT2D eigenvalue weighted by Crippen LogP contribution is -2.19. The largest absolute Gasteiger partial charge is 0.493 e. The van der Waals surface area contributed by atoms with Crippen LogP contribution in [0.4, 0.5) is 21.3 Å². The van der Waals surface area contributed by atoms with Crippen molar-refractivity contribution >= 4 is 39.8 Å². The third-order valence-electron chi connectivity index (χ3n) is 5.56. The molecular weight excluding hydrogens is 500 g/mol. The Morgan fingerprint density at radius 3 is 2.42 bits per heavy atom. The lowest BCUT2D eigenvalue weighted by Gasteiger charge is -2.12. The maximum Gasteiger partial charge on any atom is 0.323 e. The van der Waals surface area contributed by atoms with Gasteiger partial charge in [-0.3, -0.25) is 10.1 Å². The number of hydrogen-bond acceptors (Lipinski definition) is 6. The van der Waals surface area contributed by atoms with Crippen molar-refractivity contribution in [2.45, 2.75) is 19.3 Å². The van der Waals surface area contributed by atoms with Crippen LogP contribution >= 0.6 is 11.3 Å². The Bertz CT molecular complexity index is 1330. The van der Waals surface area contributed by atoms with Crippen molar-refractivity contribution in [1.29, 1.82) is 0 Å². The molecule has 0 bridgehead atoms. The minimum absolute atomic E-state index is 0.237. The van der Waals surface area contributed by atoms with E-state index >= 15 is 0 Å². The number of nitrogens with zero attached hydrogens (tertiary/aromatic N) is 1. The molecule has 0 unspecified atom stereocenters. The lowest BCUT2D eigenvalue weighted by atomic mass is 10.0. The van der Waals surface area contributed by atoms with E-state index in [1.807, 2.05) is 72.1 Å². The lowest BCUT2D eigenvalue weighted by molar-refractivity contribution is 0.102. The van der Waals surface area contributed by atoms with Gasteiger partial charge in [-0.2, -0.15) is 0 Å². The molecular formula is C29H30N4O4S. The number of carbonyl (C=O) groups excluding carboxylic acids is 2. The molecule has 3 amide bonds. The first kappa shape index (κ1) is 26.8. The molecule has 0 radical (unpaired) electrons. The van der Waals surface area contributed by atoms with Crippen LogP contribution in [0.3, 0.4) is 0 Å². The highest BCUT2D eigenvalue weighted by Gasteiger charge is 2.12. The Kier molecular flexibility index (Phi) is 9.83. The first-order valence-corrected chi connectivity index (χ1v) is 13.2. The molecule has 0 aliphatic heterocycles. The predicted molar refractivity (Wildman–Crippen MR) is 151 cm³/mol. The summed E-state index contributed by atoms with van der Waals surface area (Å²) in [6.45, 7) is 1.09. The number of urea groups is 1. The molecule has 9 heteroatoms. The average molecular weight is 531 g/mol. The van der Waals surface area contributed by atoms with Gasteiger partial charge in [0.2, 0.25) is 0 Å². The fraction of sp³-hybridized carbons (Fsp3) is 0.207.